The van der Waals surface area contributed by atoms with Gasteiger partial charge in [0.25, 0.3) is 0 Å². The van der Waals surface area contributed by atoms with Gasteiger partial charge in [-0.1, -0.05) is 64.0 Å². The molecule has 0 bridgehead atoms. The van der Waals surface area contributed by atoms with E-state index >= 15 is 0 Å². The van der Waals surface area contributed by atoms with Gasteiger partial charge in [-0.25, -0.2) is 0 Å². The number of nitrogens with one attached hydrogen (secondary N) is 1. The van der Waals surface area contributed by atoms with Gasteiger partial charge in [0, 0.05) is 12.1 Å². The lowest BCUT2D eigenvalue weighted by atomic mass is 10.1. The highest BCUT2D eigenvalue weighted by atomic mass is 16.1. The first-order valence-corrected chi connectivity index (χ1v) is 7.59. The molecule has 1 N–H and O–H groups in total. The number of amides is 1. The summed E-state index contributed by atoms with van der Waals surface area (Å²) in [5.41, 5.74) is 0.864. The van der Waals surface area contributed by atoms with Crippen LogP contribution in [0, 0.1) is 6.07 Å². The van der Waals surface area contributed by atoms with Crippen LogP contribution < -0.4 is 5.32 Å². The van der Waals surface area contributed by atoms with E-state index in [-0.39, 0.29) is 5.91 Å². The standard InChI is InChI=1S/C17H26NO/c1-2-3-4-5-6-7-8-12-15-17(19)18-16-13-10-9-11-14-16/h10-11,13-14H,2-8,12,15H2,1H3,(H,18,19). The lowest BCUT2D eigenvalue weighted by Crippen LogP contribution is -2.10. The van der Waals surface area contributed by atoms with E-state index in [0.29, 0.717) is 6.42 Å². The highest BCUT2D eigenvalue weighted by Crippen LogP contribution is 2.11. The fourth-order valence-corrected chi connectivity index (χ4v) is 2.11. The van der Waals surface area contributed by atoms with Gasteiger partial charge < -0.3 is 5.32 Å². The van der Waals surface area contributed by atoms with Gasteiger partial charge in [-0.3, -0.25) is 4.79 Å². The zero-order valence-electron chi connectivity index (χ0n) is 12.1. The van der Waals surface area contributed by atoms with Gasteiger partial charge in [-0.15, -0.1) is 0 Å². The van der Waals surface area contributed by atoms with E-state index in [4.69, 9.17) is 0 Å². The van der Waals surface area contributed by atoms with Crippen LogP contribution in [-0.4, -0.2) is 5.91 Å². The molecule has 1 aromatic rings. The number of carbonyl (C=O) groups is 1. The summed E-state index contributed by atoms with van der Waals surface area (Å²) in [4.78, 5) is 11.7. The normalized spacial score (nSPS) is 10.4. The Bertz CT molecular complexity index is 334. The topological polar surface area (TPSA) is 29.1 Å². The number of hydrogen-bond acceptors (Lipinski definition) is 1. The molecule has 1 radical (unpaired) electrons. The predicted molar refractivity (Wildman–Crippen MR) is 81.1 cm³/mol. The van der Waals surface area contributed by atoms with Crippen LogP contribution in [0.5, 0.6) is 0 Å². The summed E-state index contributed by atoms with van der Waals surface area (Å²) >= 11 is 0. The van der Waals surface area contributed by atoms with Crippen LogP contribution in [0.3, 0.4) is 0 Å². The highest BCUT2D eigenvalue weighted by Gasteiger charge is 2.01. The molecule has 105 valence electrons. The quantitative estimate of drug-likeness (QED) is 0.592. The molecule has 0 aromatic heterocycles. The van der Waals surface area contributed by atoms with Crippen LogP contribution in [0.15, 0.2) is 24.3 Å². The van der Waals surface area contributed by atoms with E-state index < -0.39 is 0 Å². The number of benzene rings is 1. The van der Waals surface area contributed by atoms with Crippen molar-refractivity contribution in [2.24, 2.45) is 0 Å². The molecule has 0 saturated carbocycles. The summed E-state index contributed by atoms with van der Waals surface area (Å²) in [5, 5.41) is 2.90. The van der Waals surface area contributed by atoms with Crippen LogP contribution in [0.1, 0.15) is 64.7 Å². The summed E-state index contributed by atoms with van der Waals surface area (Å²) in [6.07, 6.45) is 10.7. The van der Waals surface area contributed by atoms with Crippen LogP contribution in [0.4, 0.5) is 5.69 Å². The second kappa shape index (κ2) is 10.6. The Balaban J connectivity index is 1.96. The lowest BCUT2D eigenvalue weighted by Gasteiger charge is -2.04. The second-order valence-electron chi connectivity index (χ2n) is 5.06. The molecule has 0 atom stereocenters. The minimum Gasteiger partial charge on any atom is -0.326 e. The molecule has 19 heavy (non-hydrogen) atoms. The van der Waals surface area contributed by atoms with E-state index in [1.54, 1.807) is 0 Å². The number of rotatable bonds is 10. The zero-order valence-corrected chi connectivity index (χ0v) is 12.1. The van der Waals surface area contributed by atoms with E-state index in [1.807, 2.05) is 24.3 Å². The number of anilines is 1. The molecule has 1 aromatic carbocycles. The average Bonchev–Trinajstić information content (AvgIpc) is 2.43. The Morgan fingerprint density at radius 3 is 2.21 bits per heavy atom. The molecule has 1 amide bonds. The minimum atomic E-state index is 0.122. The molecule has 0 fully saturated rings. The average molecular weight is 260 g/mol. The van der Waals surface area contributed by atoms with Crippen molar-refractivity contribution in [3.63, 3.8) is 0 Å². The van der Waals surface area contributed by atoms with Gasteiger partial charge in [0.1, 0.15) is 0 Å². The summed E-state index contributed by atoms with van der Waals surface area (Å²) in [7, 11) is 0. The van der Waals surface area contributed by atoms with Gasteiger partial charge in [-0.2, -0.15) is 0 Å². The Morgan fingerprint density at radius 2 is 1.58 bits per heavy atom. The molecule has 0 spiro atoms. The van der Waals surface area contributed by atoms with Crippen molar-refractivity contribution in [3.05, 3.63) is 30.3 Å². The molecule has 1 rings (SSSR count). The van der Waals surface area contributed by atoms with E-state index in [1.165, 1.54) is 44.9 Å². The van der Waals surface area contributed by atoms with Crippen LogP contribution in [0.25, 0.3) is 0 Å². The lowest BCUT2D eigenvalue weighted by molar-refractivity contribution is -0.116. The van der Waals surface area contributed by atoms with Gasteiger partial charge in [0.05, 0.1) is 0 Å². The third kappa shape index (κ3) is 8.41. The number of carbonyl (C=O) groups excluding carboxylic acids is 1. The number of unbranched alkanes of at least 4 members (excludes halogenated alkanes) is 7. The van der Waals surface area contributed by atoms with Gasteiger partial charge >= 0.3 is 0 Å². The SMILES string of the molecule is CCCCCCCCCCC(=O)Nc1cc[c]cc1. The van der Waals surface area contributed by atoms with E-state index in [9.17, 15) is 4.79 Å². The van der Waals surface area contributed by atoms with Crippen molar-refractivity contribution in [2.75, 3.05) is 5.32 Å². The number of hydrogen-bond donors (Lipinski definition) is 1. The van der Waals surface area contributed by atoms with E-state index in [2.05, 4.69) is 18.3 Å². The fourth-order valence-electron chi connectivity index (χ4n) is 2.11. The van der Waals surface area contributed by atoms with Crippen molar-refractivity contribution in [3.8, 4) is 0 Å². The first-order chi connectivity index (χ1) is 9.33. The Hall–Kier alpha value is -1.31. The maximum absolute atomic E-state index is 11.7. The van der Waals surface area contributed by atoms with Gasteiger partial charge in [0.2, 0.25) is 5.91 Å². The van der Waals surface area contributed by atoms with Crippen LogP contribution in [-0.2, 0) is 4.79 Å². The molecule has 0 saturated heterocycles. The van der Waals surface area contributed by atoms with Crippen molar-refractivity contribution < 1.29 is 4.79 Å². The Labute approximate surface area is 117 Å². The minimum absolute atomic E-state index is 0.122. The van der Waals surface area contributed by atoms with Crippen molar-refractivity contribution in [2.45, 2.75) is 64.7 Å². The van der Waals surface area contributed by atoms with Crippen molar-refractivity contribution in [1.29, 1.82) is 0 Å². The first kappa shape index (κ1) is 15.7. The van der Waals surface area contributed by atoms with Crippen LogP contribution >= 0.6 is 0 Å². The third-order valence-electron chi connectivity index (χ3n) is 3.26. The smallest absolute Gasteiger partial charge is 0.224 e. The molecule has 0 aliphatic rings. The fraction of sp³-hybridized carbons (Fsp3) is 0.588. The summed E-state index contributed by atoms with van der Waals surface area (Å²) in [5.74, 6) is 0.122. The molecule has 0 heterocycles. The molecule has 0 unspecified atom stereocenters. The maximum atomic E-state index is 11.7. The first-order valence-electron chi connectivity index (χ1n) is 7.59. The largest absolute Gasteiger partial charge is 0.326 e. The molecule has 0 aliphatic carbocycles. The monoisotopic (exact) mass is 260 g/mol. The predicted octanol–water partition coefficient (Wildman–Crippen LogP) is 4.96. The summed E-state index contributed by atoms with van der Waals surface area (Å²) < 4.78 is 0. The Morgan fingerprint density at radius 1 is 1.00 bits per heavy atom. The third-order valence-corrected chi connectivity index (χ3v) is 3.26. The molecular formula is C17H26NO. The maximum Gasteiger partial charge on any atom is 0.224 e. The molecular weight excluding hydrogens is 234 g/mol. The second-order valence-corrected chi connectivity index (χ2v) is 5.06. The van der Waals surface area contributed by atoms with Crippen LogP contribution in [0.2, 0.25) is 0 Å². The van der Waals surface area contributed by atoms with Crippen molar-refractivity contribution in [1.82, 2.24) is 0 Å². The Kier molecular flexibility index (Phi) is 8.78. The van der Waals surface area contributed by atoms with E-state index in [0.717, 1.165) is 12.1 Å². The molecule has 2 heteroatoms. The van der Waals surface area contributed by atoms with Crippen molar-refractivity contribution >= 4 is 11.6 Å². The highest BCUT2D eigenvalue weighted by molar-refractivity contribution is 5.90. The molecule has 0 aliphatic heterocycles. The van der Waals surface area contributed by atoms with Gasteiger partial charge in [-0.05, 0) is 24.6 Å². The molecule has 2 nitrogen and oxygen atoms in total. The van der Waals surface area contributed by atoms with Gasteiger partial charge in [0.15, 0.2) is 0 Å². The summed E-state index contributed by atoms with van der Waals surface area (Å²) in [6.45, 7) is 2.24. The summed E-state index contributed by atoms with van der Waals surface area (Å²) in [6, 6.07) is 10.3. The zero-order chi connectivity index (χ0) is 13.8.